The van der Waals surface area contributed by atoms with E-state index in [4.69, 9.17) is 5.73 Å². The second-order valence-electron chi connectivity index (χ2n) is 6.54. The molecule has 0 aliphatic heterocycles. The summed E-state index contributed by atoms with van der Waals surface area (Å²) in [5.41, 5.74) is 6.13. The minimum atomic E-state index is -0.463. The number of hydrogen-bond acceptors (Lipinski definition) is 2. The Kier molecular flexibility index (Phi) is 4.13. The molecular formula is C17H23FN2O. The van der Waals surface area contributed by atoms with Crippen molar-refractivity contribution in [3.63, 3.8) is 0 Å². The fourth-order valence-electron chi connectivity index (χ4n) is 3.98. The molecule has 0 heterocycles. The Bertz CT molecular complexity index is 532. The zero-order valence-electron chi connectivity index (χ0n) is 12.3. The summed E-state index contributed by atoms with van der Waals surface area (Å²) in [6.45, 7) is 0. The fourth-order valence-corrected chi connectivity index (χ4v) is 3.98. The topological polar surface area (TPSA) is 55.1 Å². The lowest BCUT2D eigenvalue weighted by Gasteiger charge is -2.38. The van der Waals surface area contributed by atoms with Crippen LogP contribution >= 0.6 is 0 Å². The van der Waals surface area contributed by atoms with Crippen molar-refractivity contribution in [2.24, 2.45) is 17.8 Å². The minimum absolute atomic E-state index is 0.0290. The van der Waals surface area contributed by atoms with Crippen LogP contribution in [0.1, 0.15) is 44.9 Å². The molecule has 21 heavy (non-hydrogen) atoms. The first kappa shape index (κ1) is 14.4. The first-order chi connectivity index (χ1) is 10.1. The van der Waals surface area contributed by atoms with Gasteiger partial charge in [-0.3, -0.25) is 4.79 Å². The highest BCUT2D eigenvalue weighted by atomic mass is 19.1. The van der Waals surface area contributed by atoms with E-state index in [9.17, 15) is 9.18 Å². The molecule has 0 saturated heterocycles. The second-order valence-corrected chi connectivity index (χ2v) is 6.54. The van der Waals surface area contributed by atoms with Crippen molar-refractivity contribution in [3.8, 4) is 0 Å². The molecule has 2 saturated carbocycles. The van der Waals surface area contributed by atoms with Gasteiger partial charge in [-0.2, -0.15) is 0 Å². The molecule has 2 aliphatic rings. The van der Waals surface area contributed by atoms with Crippen LogP contribution < -0.4 is 11.1 Å². The van der Waals surface area contributed by atoms with E-state index in [0.29, 0.717) is 11.6 Å². The van der Waals surface area contributed by atoms with E-state index in [1.807, 2.05) is 0 Å². The number of carbonyl (C=O) groups excluding carboxylic acids is 1. The molecule has 114 valence electrons. The Hall–Kier alpha value is -1.58. The molecule has 3 nitrogen and oxygen atoms in total. The number of benzene rings is 1. The molecule has 1 aromatic carbocycles. The first-order valence-electron chi connectivity index (χ1n) is 7.99. The third-order valence-electron chi connectivity index (χ3n) is 5.16. The summed E-state index contributed by atoms with van der Waals surface area (Å²) in [6, 6.07) is 4.39. The van der Waals surface area contributed by atoms with E-state index in [2.05, 4.69) is 5.32 Å². The molecule has 4 heteroatoms. The summed E-state index contributed by atoms with van der Waals surface area (Å²) in [4.78, 5) is 12.4. The van der Waals surface area contributed by atoms with E-state index in [-0.39, 0.29) is 17.5 Å². The summed E-state index contributed by atoms with van der Waals surface area (Å²) in [7, 11) is 0. The fraction of sp³-hybridized carbons (Fsp3) is 0.588. The van der Waals surface area contributed by atoms with Gasteiger partial charge < -0.3 is 11.1 Å². The zero-order chi connectivity index (χ0) is 14.8. The Balaban J connectivity index is 1.63. The molecule has 3 rings (SSSR count). The first-order valence-corrected chi connectivity index (χ1v) is 7.99. The molecule has 0 aromatic heterocycles. The predicted molar refractivity (Wildman–Crippen MR) is 82.2 cm³/mol. The number of halogens is 1. The normalized spacial score (nSPS) is 28.7. The lowest BCUT2D eigenvalue weighted by Crippen LogP contribution is -2.34. The van der Waals surface area contributed by atoms with Crippen molar-refractivity contribution < 1.29 is 9.18 Å². The molecule has 0 spiro atoms. The lowest BCUT2D eigenvalue weighted by atomic mass is 9.67. The number of fused-ring (bicyclic) bond motifs is 1. The molecule has 2 fully saturated rings. The zero-order valence-corrected chi connectivity index (χ0v) is 12.3. The van der Waals surface area contributed by atoms with Crippen LogP contribution in [0.3, 0.4) is 0 Å². The van der Waals surface area contributed by atoms with Crippen molar-refractivity contribution in [2.45, 2.75) is 44.9 Å². The predicted octanol–water partition coefficient (Wildman–Crippen LogP) is 3.95. The van der Waals surface area contributed by atoms with Gasteiger partial charge in [0.1, 0.15) is 5.82 Å². The van der Waals surface area contributed by atoms with Crippen LogP contribution in [0.5, 0.6) is 0 Å². The Labute approximate surface area is 125 Å². The van der Waals surface area contributed by atoms with Gasteiger partial charge in [0.25, 0.3) is 0 Å². The van der Waals surface area contributed by atoms with Gasteiger partial charge in [0, 0.05) is 11.6 Å². The minimum Gasteiger partial charge on any atom is -0.399 e. The number of amides is 1. The van der Waals surface area contributed by atoms with E-state index in [1.165, 1.54) is 37.8 Å². The van der Waals surface area contributed by atoms with Crippen molar-refractivity contribution in [3.05, 3.63) is 24.0 Å². The van der Waals surface area contributed by atoms with Gasteiger partial charge in [-0.15, -0.1) is 0 Å². The summed E-state index contributed by atoms with van der Waals surface area (Å²) in [5, 5.41) is 2.73. The average molecular weight is 290 g/mol. The number of hydrogen-bond donors (Lipinski definition) is 2. The Morgan fingerprint density at radius 2 is 1.90 bits per heavy atom. The van der Waals surface area contributed by atoms with Crippen LogP contribution in [0, 0.1) is 23.6 Å². The van der Waals surface area contributed by atoms with Crippen molar-refractivity contribution in [2.75, 3.05) is 11.1 Å². The van der Waals surface area contributed by atoms with Crippen LogP contribution in [0.25, 0.3) is 0 Å². The summed E-state index contributed by atoms with van der Waals surface area (Å²) in [6.07, 6.45) is 8.26. The highest BCUT2D eigenvalue weighted by Crippen LogP contribution is 2.42. The standard InChI is InChI=1S/C17H23FN2O/c18-15-10-14(19)7-8-16(15)20-17(21)13-6-5-11-3-1-2-4-12(11)9-13/h7-8,10-13H,1-6,9,19H2,(H,20,21). The quantitative estimate of drug-likeness (QED) is 0.810. The van der Waals surface area contributed by atoms with Gasteiger partial charge in [0.15, 0.2) is 0 Å². The highest BCUT2D eigenvalue weighted by Gasteiger charge is 2.35. The lowest BCUT2D eigenvalue weighted by molar-refractivity contribution is -0.122. The van der Waals surface area contributed by atoms with Gasteiger partial charge in [-0.1, -0.05) is 25.7 Å². The number of rotatable bonds is 2. The number of carbonyl (C=O) groups is 1. The van der Waals surface area contributed by atoms with Gasteiger partial charge in [0.2, 0.25) is 5.91 Å². The summed E-state index contributed by atoms with van der Waals surface area (Å²) in [5.74, 6) is 1.04. The van der Waals surface area contributed by atoms with Gasteiger partial charge in [-0.25, -0.2) is 4.39 Å². The average Bonchev–Trinajstić information content (AvgIpc) is 2.49. The highest BCUT2D eigenvalue weighted by molar-refractivity contribution is 5.92. The maximum Gasteiger partial charge on any atom is 0.227 e. The Morgan fingerprint density at radius 3 is 2.67 bits per heavy atom. The van der Waals surface area contributed by atoms with Crippen LogP contribution in [-0.4, -0.2) is 5.91 Å². The van der Waals surface area contributed by atoms with E-state index >= 15 is 0 Å². The number of nitrogens with two attached hydrogens (primary N) is 1. The van der Waals surface area contributed by atoms with Crippen LogP contribution in [-0.2, 0) is 4.79 Å². The van der Waals surface area contributed by atoms with Crippen molar-refractivity contribution in [1.29, 1.82) is 0 Å². The molecule has 0 bridgehead atoms. The van der Waals surface area contributed by atoms with Gasteiger partial charge in [-0.05, 0) is 49.3 Å². The van der Waals surface area contributed by atoms with Gasteiger partial charge in [0.05, 0.1) is 5.69 Å². The van der Waals surface area contributed by atoms with E-state index in [0.717, 1.165) is 25.2 Å². The Morgan fingerprint density at radius 1 is 1.14 bits per heavy atom. The number of nitrogen functional groups attached to an aromatic ring is 1. The summed E-state index contributed by atoms with van der Waals surface area (Å²) >= 11 is 0. The molecule has 2 aliphatic carbocycles. The molecular weight excluding hydrogens is 267 g/mol. The maximum absolute atomic E-state index is 13.8. The largest absolute Gasteiger partial charge is 0.399 e. The van der Waals surface area contributed by atoms with Gasteiger partial charge >= 0.3 is 0 Å². The smallest absolute Gasteiger partial charge is 0.227 e. The third kappa shape index (κ3) is 3.20. The SMILES string of the molecule is Nc1ccc(NC(=O)C2CCC3CCCCC3C2)c(F)c1. The van der Waals surface area contributed by atoms with E-state index < -0.39 is 5.82 Å². The monoisotopic (exact) mass is 290 g/mol. The van der Waals surface area contributed by atoms with Crippen molar-refractivity contribution in [1.82, 2.24) is 0 Å². The number of anilines is 2. The van der Waals surface area contributed by atoms with Crippen LogP contribution in [0.4, 0.5) is 15.8 Å². The molecule has 3 atom stereocenters. The molecule has 3 unspecified atom stereocenters. The molecule has 3 N–H and O–H groups in total. The molecule has 0 radical (unpaired) electrons. The third-order valence-corrected chi connectivity index (χ3v) is 5.16. The summed E-state index contributed by atoms with van der Waals surface area (Å²) < 4.78 is 13.8. The maximum atomic E-state index is 13.8. The van der Waals surface area contributed by atoms with Crippen LogP contribution in [0.15, 0.2) is 18.2 Å². The molecule has 1 aromatic rings. The van der Waals surface area contributed by atoms with E-state index in [1.54, 1.807) is 6.07 Å². The molecule has 1 amide bonds. The van der Waals surface area contributed by atoms with Crippen molar-refractivity contribution >= 4 is 17.3 Å². The number of nitrogens with one attached hydrogen (secondary N) is 1. The second kappa shape index (κ2) is 6.04. The van der Waals surface area contributed by atoms with Crippen LogP contribution in [0.2, 0.25) is 0 Å².